The molecule has 2 rings (SSSR count). The van der Waals surface area contributed by atoms with E-state index < -0.39 is 10.0 Å². The number of nitrogens with one attached hydrogen (secondary N) is 1. The maximum atomic E-state index is 12.4. The van der Waals surface area contributed by atoms with Gasteiger partial charge in [-0.1, -0.05) is 32.6 Å². The fourth-order valence-corrected chi connectivity index (χ4v) is 5.86. The standard InChI is InChI=1S/C13H24ClNO2S/c1-11-5-4-8-13(9-11,10-14)15-18(16,17)12-6-2-3-7-12/h11-12,15H,2-10H2,1H3. The van der Waals surface area contributed by atoms with Gasteiger partial charge in [-0.3, -0.25) is 0 Å². The molecule has 0 heterocycles. The fraction of sp³-hybridized carbons (Fsp3) is 1.00. The first-order valence-corrected chi connectivity index (χ1v) is 9.14. The monoisotopic (exact) mass is 293 g/mol. The van der Waals surface area contributed by atoms with Gasteiger partial charge < -0.3 is 0 Å². The Bertz CT molecular complexity index is 378. The Hall–Kier alpha value is 0.200. The SMILES string of the molecule is CC1CCCC(CCl)(NS(=O)(=O)C2CCCC2)C1. The molecule has 0 radical (unpaired) electrons. The number of alkyl halides is 1. The van der Waals surface area contributed by atoms with E-state index in [0.29, 0.717) is 11.8 Å². The van der Waals surface area contributed by atoms with Gasteiger partial charge in [0.15, 0.2) is 0 Å². The number of sulfonamides is 1. The molecule has 18 heavy (non-hydrogen) atoms. The summed E-state index contributed by atoms with van der Waals surface area (Å²) < 4.78 is 27.8. The highest BCUT2D eigenvalue weighted by Crippen LogP contribution is 2.35. The Labute approximate surface area is 116 Å². The Morgan fingerprint density at radius 3 is 2.44 bits per heavy atom. The van der Waals surface area contributed by atoms with E-state index in [4.69, 9.17) is 11.6 Å². The molecule has 106 valence electrons. The predicted octanol–water partition coefficient (Wildman–Crippen LogP) is 3.04. The minimum absolute atomic E-state index is 0.185. The van der Waals surface area contributed by atoms with E-state index >= 15 is 0 Å². The molecule has 0 aliphatic heterocycles. The summed E-state index contributed by atoms with van der Waals surface area (Å²) in [5, 5.41) is -0.185. The van der Waals surface area contributed by atoms with E-state index in [-0.39, 0.29) is 10.8 Å². The minimum atomic E-state index is -3.19. The van der Waals surface area contributed by atoms with Crippen molar-refractivity contribution in [3.63, 3.8) is 0 Å². The van der Waals surface area contributed by atoms with Crippen molar-refractivity contribution in [2.45, 2.75) is 69.1 Å². The summed E-state index contributed by atoms with van der Waals surface area (Å²) in [6, 6.07) is 0. The second kappa shape index (κ2) is 5.68. The van der Waals surface area contributed by atoms with Crippen LogP contribution in [0.5, 0.6) is 0 Å². The summed E-state index contributed by atoms with van der Waals surface area (Å²) >= 11 is 6.09. The highest BCUT2D eigenvalue weighted by atomic mass is 35.5. The molecule has 2 fully saturated rings. The van der Waals surface area contributed by atoms with E-state index in [1.807, 2.05) is 0 Å². The molecular formula is C13H24ClNO2S. The fourth-order valence-electron chi connectivity index (χ4n) is 3.49. The number of rotatable bonds is 4. The van der Waals surface area contributed by atoms with Crippen LogP contribution in [0.4, 0.5) is 0 Å². The van der Waals surface area contributed by atoms with Gasteiger partial charge in [0, 0.05) is 11.4 Å². The van der Waals surface area contributed by atoms with Gasteiger partial charge in [0.1, 0.15) is 0 Å². The van der Waals surface area contributed by atoms with Crippen LogP contribution in [0.3, 0.4) is 0 Å². The molecule has 5 heteroatoms. The smallest absolute Gasteiger partial charge is 0.212 e. The van der Waals surface area contributed by atoms with Gasteiger partial charge in [0.2, 0.25) is 10.0 Å². The van der Waals surface area contributed by atoms with Crippen molar-refractivity contribution in [1.29, 1.82) is 0 Å². The molecule has 0 aromatic rings. The first-order chi connectivity index (χ1) is 8.47. The average molecular weight is 294 g/mol. The quantitative estimate of drug-likeness (QED) is 0.810. The van der Waals surface area contributed by atoms with E-state index in [0.717, 1.165) is 44.9 Å². The largest absolute Gasteiger partial charge is 0.215 e. The van der Waals surface area contributed by atoms with Crippen molar-refractivity contribution in [2.75, 3.05) is 5.88 Å². The molecule has 2 aliphatic carbocycles. The van der Waals surface area contributed by atoms with Crippen LogP contribution in [0.2, 0.25) is 0 Å². The molecule has 2 aliphatic rings. The topological polar surface area (TPSA) is 46.2 Å². The van der Waals surface area contributed by atoms with Gasteiger partial charge in [0.25, 0.3) is 0 Å². The summed E-state index contributed by atoms with van der Waals surface area (Å²) in [5.41, 5.74) is -0.388. The lowest BCUT2D eigenvalue weighted by atomic mass is 9.78. The van der Waals surface area contributed by atoms with Gasteiger partial charge in [-0.15, -0.1) is 11.6 Å². The molecule has 2 saturated carbocycles. The lowest BCUT2D eigenvalue weighted by Gasteiger charge is -2.39. The maximum absolute atomic E-state index is 12.4. The molecule has 0 spiro atoms. The molecule has 0 amide bonds. The normalized spacial score (nSPS) is 34.9. The zero-order valence-electron chi connectivity index (χ0n) is 11.1. The second-order valence-corrected chi connectivity index (χ2v) is 8.40. The summed E-state index contributed by atoms with van der Waals surface area (Å²) in [4.78, 5) is 0. The molecule has 0 aromatic carbocycles. The zero-order valence-corrected chi connectivity index (χ0v) is 12.7. The maximum Gasteiger partial charge on any atom is 0.215 e. The third-order valence-corrected chi connectivity index (χ3v) is 7.03. The van der Waals surface area contributed by atoms with Crippen LogP contribution in [0.1, 0.15) is 58.3 Å². The van der Waals surface area contributed by atoms with Crippen molar-refractivity contribution in [2.24, 2.45) is 5.92 Å². The van der Waals surface area contributed by atoms with Gasteiger partial charge in [-0.2, -0.15) is 0 Å². The van der Waals surface area contributed by atoms with Crippen LogP contribution in [0, 0.1) is 5.92 Å². The van der Waals surface area contributed by atoms with E-state index in [1.165, 1.54) is 6.42 Å². The van der Waals surface area contributed by atoms with Gasteiger partial charge in [0.05, 0.1) is 5.25 Å². The third-order valence-electron chi connectivity index (χ3n) is 4.45. The van der Waals surface area contributed by atoms with Gasteiger partial charge in [-0.25, -0.2) is 13.1 Å². The average Bonchev–Trinajstić information content (AvgIpc) is 2.82. The number of halogens is 1. The zero-order chi connectivity index (χ0) is 13.2. The lowest BCUT2D eigenvalue weighted by molar-refractivity contribution is 0.238. The van der Waals surface area contributed by atoms with Gasteiger partial charge >= 0.3 is 0 Å². The van der Waals surface area contributed by atoms with Crippen molar-refractivity contribution in [1.82, 2.24) is 4.72 Å². The summed E-state index contributed by atoms with van der Waals surface area (Å²) in [5.74, 6) is 0.951. The van der Waals surface area contributed by atoms with Crippen molar-refractivity contribution >= 4 is 21.6 Å². The second-order valence-electron chi connectivity index (χ2n) is 6.17. The number of hydrogen-bond donors (Lipinski definition) is 1. The molecule has 3 nitrogen and oxygen atoms in total. The van der Waals surface area contributed by atoms with Crippen molar-refractivity contribution in [3.8, 4) is 0 Å². The Kier molecular flexibility index (Phi) is 4.61. The third kappa shape index (κ3) is 3.20. The molecule has 0 aromatic heterocycles. The Balaban J connectivity index is 2.09. The van der Waals surface area contributed by atoms with Crippen molar-refractivity contribution in [3.05, 3.63) is 0 Å². The van der Waals surface area contributed by atoms with Crippen LogP contribution in [-0.4, -0.2) is 25.1 Å². The van der Waals surface area contributed by atoms with Crippen molar-refractivity contribution < 1.29 is 8.42 Å². The van der Waals surface area contributed by atoms with Gasteiger partial charge in [-0.05, 0) is 31.6 Å². The molecule has 1 N–H and O–H groups in total. The summed E-state index contributed by atoms with van der Waals surface area (Å²) in [6.45, 7) is 2.18. The molecule has 2 unspecified atom stereocenters. The molecule has 0 bridgehead atoms. The first kappa shape index (κ1) is 14.6. The Morgan fingerprint density at radius 2 is 1.89 bits per heavy atom. The van der Waals surface area contributed by atoms with Crippen LogP contribution in [-0.2, 0) is 10.0 Å². The Morgan fingerprint density at radius 1 is 1.22 bits per heavy atom. The number of hydrogen-bond acceptors (Lipinski definition) is 2. The van der Waals surface area contributed by atoms with E-state index in [9.17, 15) is 8.42 Å². The van der Waals surface area contributed by atoms with E-state index in [2.05, 4.69) is 11.6 Å². The lowest BCUT2D eigenvalue weighted by Crippen LogP contribution is -2.54. The highest BCUT2D eigenvalue weighted by molar-refractivity contribution is 7.90. The summed E-state index contributed by atoms with van der Waals surface area (Å²) in [7, 11) is -3.19. The molecule has 2 atom stereocenters. The van der Waals surface area contributed by atoms with E-state index in [1.54, 1.807) is 0 Å². The first-order valence-electron chi connectivity index (χ1n) is 7.06. The minimum Gasteiger partial charge on any atom is -0.212 e. The molecule has 0 saturated heterocycles. The summed E-state index contributed by atoms with van der Waals surface area (Å²) in [6.07, 6.45) is 7.71. The van der Waals surface area contributed by atoms with Crippen LogP contribution in [0.15, 0.2) is 0 Å². The highest BCUT2D eigenvalue weighted by Gasteiger charge is 2.40. The van der Waals surface area contributed by atoms with Crippen LogP contribution in [0.25, 0.3) is 0 Å². The van der Waals surface area contributed by atoms with Crippen LogP contribution >= 0.6 is 11.6 Å². The predicted molar refractivity (Wildman–Crippen MR) is 75.4 cm³/mol. The van der Waals surface area contributed by atoms with Crippen LogP contribution < -0.4 is 4.72 Å². The molecular weight excluding hydrogens is 270 g/mol.